The Morgan fingerprint density at radius 2 is 0.765 bits per heavy atom. The van der Waals surface area contributed by atoms with Crippen molar-refractivity contribution in [3.63, 3.8) is 0 Å². The van der Waals surface area contributed by atoms with E-state index < -0.39 is 0 Å². The molecule has 0 atom stereocenters. The van der Waals surface area contributed by atoms with Gasteiger partial charge in [0.1, 0.15) is 11.2 Å². The highest BCUT2D eigenvalue weighted by Gasteiger charge is 2.21. The molecule has 0 unspecified atom stereocenters. The Labute approximate surface area is 294 Å². The molecule has 0 spiro atoms. The normalized spacial score (nSPS) is 11.9. The van der Waals surface area contributed by atoms with Crippen molar-refractivity contribution in [1.29, 1.82) is 0 Å². The summed E-state index contributed by atoms with van der Waals surface area (Å²) < 4.78 is 6.72. The Balaban J connectivity index is 1.19. The fourth-order valence-corrected chi connectivity index (χ4v) is 8.63. The molecule has 0 aliphatic heterocycles. The number of hydrogen-bond donors (Lipinski definition) is 0. The van der Waals surface area contributed by atoms with Crippen LogP contribution >= 0.6 is 0 Å². The Morgan fingerprint density at radius 3 is 1.45 bits per heavy atom. The Hall–Kier alpha value is -6.70. The Kier molecular flexibility index (Phi) is 6.02. The molecule has 0 fully saturated rings. The summed E-state index contributed by atoms with van der Waals surface area (Å²) in [4.78, 5) is 0. The number of benzene rings is 10. The summed E-state index contributed by atoms with van der Waals surface area (Å²) in [5, 5.41) is 14.7. The molecule has 236 valence electrons. The third-order valence-corrected chi connectivity index (χ3v) is 10.8. The van der Waals surface area contributed by atoms with Crippen LogP contribution in [0.25, 0.3) is 109 Å². The maximum Gasteiger partial charge on any atom is 0.136 e. The van der Waals surface area contributed by atoms with Crippen LogP contribution in [-0.4, -0.2) is 0 Å². The average molecular weight is 647 g/mol. The van der Waals surface area contributed by atoms with Gasteiger partial charge < -0.3 is 4.42 Å². The second kappa shape index (κ2) is 10.9. The van der Waals surface area contributed by atoms with Crippen LogP contribution < -0.4 is 0 Å². The summed E-state index contributed by atoms with van der Waals surface area (Å²) in [6.07, 6.45) is 0. The number of hydrogen-bond acceptors (Lipinski definition) is 1. The minimum Gasteiger partial charge on any atom is -0.456 e. The molecule has 0 radical (unpaired) electrons. The molecule has 0 saturated heterocycles. The highest BCUT2D eigenvalue weighted by molar-refractivity contribution is 6.31. The van der Waals surface area contributed by atoms with Crippen molar-refractivity contribution >= 4 is 75.8 Å². The van der Waals surface area contributed by atoms with E-state index in [4.69, 9.17) is 4.42 Å². The number of rotatable bonds is 3. The van der Waals surface area contributed by atoms with Crippen molar-refractivity contribution in [3.05, 3.63) is 182 Å². The third-order valence-electron chi connectivity index (χ3n) is 10.8. The minimum absolute atomic E-state index is 0.913. The molecular weight excluding hydrogens is 617 g/mol. The molecule has 10 aromatic carbocycles. The largest absolute Gasteiger partial charge is 0.456 e. The van der Waals surface area contributed by atoms with Crippen LogP contribution in [0.4, 0.5) is 0 Å². The van der Waals surface area contributed by atoms with E-state index in [0.717, 1.165) is 11.2 Å². The molecule has 0 saturated carbocycles. The van der Waals surface area contributed by atoms with Gasteiger partial charge in [-0.25, -0.2) is 0 Å². The minimum atomic E-state index is 0.913. The molecule has 0 bridgehead atoms. The van der Waals surface area contributed by atoms with E-state index in [0.29, 0.717) is 0 Å². The maximum absolute atomic E-state index is 6.72. The van der Waals surface area contributed by atoms with Crippen LogP contribution in [0.2, 0.25) is 0 Å². The van der Waals surface area contributed by atoms with Crippen molar-refractivity contribution in [3.8, 4) is 33.4 Å². The van der Waals surface area contributed by atoms with Gasteiger partial charge in [-0.3, -0.25) is 0 Å². The summed E-state index contributed by atoms with van der Waals surface area (Å²) in [5.74, 6) is 0. The summed E-state index contributed by atoms with van der Waals surface area (Å²) in [6.45, 7) is 0. The summed E-state index contributed by atoms with van der Waals surface area (Å²) >= 11 is 0. The van der Waals surface area contributed by atoms with E-state index >= 15 is 0 Å². The smallest absolute Gasteiger partial charge is 0.136 e. The molecule has 1 aromatic heterocycles. The molecule has 11 rings (SSSR count). The lowest BCUT2D eigenvalue weighted by Crippen LogP contribution is -1.92. The molecule has 1 heterocycles. The molecular formula is C50H30O. The van der Waals surface area contributed by atoms with Crippen molar-refractivity contribution in [1.82, 2.24) is 0 Å². The van der Waals surface area contributed by atoms with Crippen LogP contribution in [-0.2, 0) is 0 Å². The first-order chi connectivity index (χ1) is 25.3. The van der Waals surface area contributed by atoms with E-state index in [-0.39, 0.29) is 0 Å². The average Bonchev–Trinajstić information content (AvgIpc) is 3.59. The molecule has 0 N–H and O–H groups in total. The van der Waals surface area contributed by atoms with Gasteiger partial charge in [-0.15, -0.1) is 0 Å². The predicted molar refractivity (Wildman–Crippen MR) is 218 cm³/mol. The predicted octanol–water partition coefficient (Wildman–Crippen LogP) is 14.4. The van der Waals surface area contributed by atoms with Gasteiger partial charge in [0.15, 0.2) is 0 Å². The summed E-state index contributed by atoms with van der Waals surface area (Å²) in [6, 6.07) is 66.2. The van der Waals surface area contributed by atoms with E-state index in [9.17, 15) is 0 Å². The molecule has 0 aliphatic carbocycles. The van der Waals surface area contributed by atoms with Crippen molar-refractivity contribution in [2.24, 2.45) is 0 Å². The summed E-state index contributed by atoms with van der Waals surface area (Å²) in [7, 11) is 0. The second-order valence-electron chi connectivity index (χ2n) is 13.5. The van der Waals surface area contributed by atoms with Gasteiger partial charge in [-0.05, 0) is 99.4 Å². The fraction of sp³-hybridized carbons (Fsp3) is 0. The molecule has 1 heteroatoms. The lowest BCUT2D eigenvalue weighted by Gasteiger charge is -2.19. The summed E-state index contributed by atoms with van der Waals surface area (Å²) in [5.41, 5.74) is 9.20. The molecule has 0 amide bonds. The topological polar surface area (TPSA) is 13.1 Å². The highest BCUT2D eigenvalue weighted by Crippen LogP contribution is 2.48. The lowest BCUT2D eigenvalue weighted by molar-refractivity contribution is 0.669. The monoisotopic (exact) mass is 646 g/mol. The first kappa shape index (κ1) is 28.2. The first-order valence-electron chi connectivity index (χ1n) is 17.6. The maximum atomic E-state index is 6.72. The number of fused-ring (bicyclic) bond motifs is 10. The van der Waals surface area contributed by atoms with Crippen LogP contribution in [0.1, 0.15) is 0 Å². The first-order valence-corrected chi connectivity index (χ1v) is 17.6. The van der Waals surface area contributed by atoms with Crippen LogP contribution in [0, 0.1) is 0 Å². The molecule has 11 aromatic rings. The zero-order chi connectivity index (χ0) is 33.5. The van der Waals surface area contributed by atoms with E-state index in [2.05, 4.69) is 182 Å². The quantitative estimate of drug-likeness (QED) is 0.174. The Morgan fingerprint density at radius 1 is 0.275 bits per heavy atom. The van der Waals surface area contributed by atoms with Crippen molar-refractivity contribution < 1.29 is 4.42 Å². The fourth-order valence-electron chi connectivity index (χ4n) is 8.63. The SMILES string of the molecule is c1ccc2c(-c3ccc(-c4c5ccccc5c(-c5cc6oc7ccc8ccccc8c7c6c6ccccc56)c5ccccc45)cc3)cccc2c1. The molecule has 1 nitrogen and oxygen atoms in total. The lowest BCUT2D eigenvalue weighted by atomic mass is 9.84. The zero-order valence-corrected chi connectivity index (χ0v) is 27.7. The Bertz CT molecular complexity index is 3120. The van der Waals surface area contributed by atoms with Gasteiger partial charge in [-0.2, -0.15) is 0 Å². The van der Waals surface area contributed by atoms with Gasteiger partial charge in [-0.1, -0.05) is 170 Å². The van der Waals surface area contributed by atoms with Crippen LogP contribution in [0.3, 0.4) is 0 Å². The van der Waals surface area contributed by atoms with Crippen LogP contribution in [0.5, 0.6) is 0 Å². The zero-order valence-electron chi connectivity index (χ0n) is 27.7. The van der Waals surface area contributed by atoms with Gasteiger partial charge >= 0.3 is 0 Å². The number of furan rings is 1. The molecule has 51 heavy (non-hydrogen) atoms. The highest BCUT2D eigenvalue weighted by atomic mass is 16.3. The van der Waals surface area contributed by atoms with Gasteiger partial charge in [0.05, 0.1) is 0 Å². The van der Waals surface area contributed by atoms with E-state index in [1.165, 1.54) is 98.0 Å². The molecule has 0 aliphatic rings. The standard InChI is InChI=1S/C50H30O/c1-3-15-35-31(12-1)14-11-23-36(35)33-24-26-34(27-25-33)47-40-19-7-9-21-42(40)48(43-22-10-8-20-41(43)47)44-30-46-50(39-18-6-5-17-38(39)44)49-37-16-4-2-13-32(37)28-29-45(49)51-46/h1-30H. The van der Waals surface area contributed by atoms with E-state index in [1.807, 2.05) is 0 Å². The second-order valence-corrected chi connectivity index (χ2v) is 13.5. The van der Waals surface area contributed by atoms with E-state index in [1.54, 1.807) is 0 Å². The van der Waals surface area contributed by atoms with Gasteiger partial charge in [0.2, 0.25) is 0 Å². The van der Waals surface area contributed by atoms with Crippen LogP contribution in [0.15, 0.2) is 186 Å². The van der Waals surface area contributed by atoms with Crippen molar-refractivity contribution in [2.45, 2.75) is 0 Å². The van der Waals surface area contributed by atoms with Crippen molar-refractivity contribution in [2.75, 3.05) is 0 Å². The third kappa shape index (κ3) is 4.16. The van der Waals surface area contributed by atoms with Gasteiger partial charge in [0.25, 0.3) is 0 Å². The van der Waals surface area contributed by atoms with Gasteiger partial charge in [0, 0.05) is 10.8 Å².